The van der Waals surface area contributed by atoms with Gasteiger partial charge in [0.25, 0.3) is 0 Å². The van der Waals surface area contributed by atoms with Crippen molar-refractivity contribution < 1.29 is 4.79 Å². The Morgan fingerprint density at radius 2 is 1.79 bits per heavy atom. The van der Waals surface area contributed by atoms with Gasteiger partial charge in [0, 0.05) is 28.4 Å². The molecule has 0 saturated carbocycles. The first-order valence-electron chi connectivity index (χ1n) is 6.08. The molecular formula is C16H10N2O. The fourth-order valence-electron chi connectivity index (χ4n) is 2.79. The summed E-state index contributed by atoms with van der Waals surface area (Å²) in [6.45, 7) is 0. The van der Waals surface area contributed by atoms with Crippen molar-refractivity contribution >= 4 is 22.2 Å². The topological polar surface area (TPSA) is 56.0 Å². The van der Waals surface area contributed by atoms with Crippen LogP contribution in [-0.4, -0.2) is 10.8 Å². The summed E-state index contributed by atoms with van der Waals surface area (Å²) in [5.74, 6) is -0.0494. The van der Waals surface area contributed by atoms with E-state index in [9.17, 15) is 4.79 Å². The molecule has 0 atom stereocenters. The van der Waals surface area contributed by atoms with E-state index < -0.39 is 0 Å². The number of hydrogen-bond acceptors (Lipinski definition) is 3. The SMILES string of the molecule is Nc1cc2c3c(cccc3c1)-c1cccnc1C2=O. The van der Waals surface area contributed by atoms with E-state index in [0.717, 1.165) is 21.9 Å². The first-order valence-corrected chi connectivity index (χ1v) is 6.08. The lowest BCUT2D eigenvalue weighted by Crippen LogP contribution is -2.12. The van der Waals surface area contributed by atoms with Crippen molar-refractivity contribution in [2.24, 2.45) is 0 Å². The van der Waals surface area contributed by atoms with Crippen LogP contribution in [0.25, 0.3) is 21.9 Å². The maximum atomic E-state index is 12.5. The van der Waals surface area contributed by atoms with Gasteiger partial charge in [-0.15, -0.1) is 0 Å². The number of fused-ring (bicyclic) bond motifs is 2. The molecule has 0 radical (unpaired) electrons. The van der Waals surface area contributed by atoms with Crippen LogP contribution in [0.4, 0.5) is 5.69 Å². The van der Waals surface area contributed by atoms with Gasteiger partial charge in [-0.3, -0.25) is 9.78 Å². The number of anilines is 1. The van der Waals surface area contributed by atoms with Gasteiger partial charge in [0.05, 0.1) is 0 Å². The molecule has 1 heterocycles. The average molecular weight is 246 g/mol. The van der Waals surface area contributed by atoms with Gasteiger partial charge in [-0.2, -0.15) is 0 Å². The highest BCUT2D eigenvalue weighted by molar-refractivity contribution is 6.25. The maximum Gasteiger partial charge on any atom is 0.212 e. The fraction of sp³-hybridized carbons (Fsp3) is 0. The van der Waals surface area contributed by atoms with Crippen molar-refractivity contribution in [3.63, 3.8) is 0 Å². The molecule has 0 fully saturated rings. The Kier molecular flexibility index (Phi) is 1.85. The summed E-state index contributed by atoms with van der Waals surface area (Å²) in [6, 6.07) is 13.4. The van der Waals surface area contributed by atoms with Crippen LogP contribution in [0.15, 0.2) is 48.7 Å². The second-order valence-electron chi connectivity index (χ2n) is 4.70. The fourth-order valence-corrected chi connectivity index (χ4v) is 2.79. The zero-order chi connectivity index (χ0) is 13.0. The number of nitrogen functional groups attached to an aromatic ring is 1. The quantitative estimate of drug-likeness (QED) is 0.485. The van der Waals surface area contributed by atoms with E-state index in [2.05, 4.69) is 4.98 Å². The van der Waals surface area contributed by atoms with E-state index in [1.165, 1.54) is 0 Å². The molecule has 0 saturated heterocycles. The number of rotatable bonds is 0. The van der Waals surface area contributed by atoms with Crippen LogP contribution in [0.2, 0.25) is 0 Å². The van der Waals surface area contributed by atoms with E-state index in [1.54, 1.807) is 12.3 Å². The lowest BCUT2D eigenvalue weighted by molar-refractivity contribution is 0.103. The number of carbonyl (C=O) groups excluding carboxylic acids is 1. The number of hydrogen-bond donors (Lipinski definition) is 1. The van der Waals surface area contributed by atoms with E-state index in [1.807, 2.05) is 36.4 Å². The first-order chi connectivity index (χ1) is 9.25. The van der Waals surface area contributed by atoms with Crippen molar-refractivity contribution in [2.75, 3.05) is 5.73 Å². The van der Waals surface area contributed by atoms with Crippen LogP contribution in [0.1, 0.15) is 16.1 Å². The predicted molar refractivity (Wildman–Crippen MR) is 75.0 cm³/mol. The normalized spacial score (nSPS) is 12.5. The number of nitrogens with zero attached hydrogens (tertiary/aromatic N) is 1. The van der Waals surface area contributed by atoms with Gasteiger partial charge in [-0.1, -0.05) is 24.3 Å². The van der Waals surface area contributed by atoms with Gasteiger partial charge in [0.15, 0.2) is 0 Å². The van der Waals surface area contributed by atoms with Gasteiger partial charge < -0.3 is 5.73 Å². The molecule has 3 aromatic rings. The smallest absolute Gasteiger partial charge is 0.212 e. The van der Waals surface area contributed by atoms with Crippen LogP contribution in [0.3, 0.4) is 0 Å². The van der Waals surface area contributed by atoms with E-state index in [0.29, 0.717) is 16.9 Å². The second kappa shape index (κ2) is 3.42. The first kappa shape index (κ1) is 10.3. The summed E-state index contributed by atoms with van der Waals surface area (Å²) in [6.07, 6.45) is 1.65. The summed E-state index contributed by atoms with van der Waals surface area (Å²) in [5.41, 5.74) is 9.59. The largest absolute Gasteiger partial charge is 0.399 e. The molecule has 0 unspecified atom stereocenters. The van der Waals surface area contributed by atoms with Crippen molar-refractivity contribution in [1.82, 2.24) is 4.98 Å². The summed E-state index contributed by atoms with van der Waals surface area (Å²) in [7, 11) is 0. The molecule has 3 heteroatoms. The molecule has 2 aromatic carbocycles. The molecule has 90 valence electrons. The molecule has 4 rings (SSSR count). The molecule has 2 N–H and O–H groups in total. The number of carbonyl (C=O) groups is 1. The summed E-state index contributed by atoms with van der Waals surface area (Å²) in [4.78, 5) is 16.8. The second-order valence-corrected chi connectivity index (χ2v) is 4.70. The van der Waals surface area contributed by atoms with Crippen molar-refractivity contribution in [3.8, 4) is 11.1 Å². The standard InChI is InChI=1S/C16H10N2O/c17-10-7-9-3-1-4-11-12-5-2-6-18-15(12)16(19)13(8-10)14(9)11/h1-8H,17H2. The Balaban J connectivity index is 2.27. The third-order valence-corrected chi connectivity index (χ3v) is 3.56. The highest BCUT2D eigenvalue weighted by Crippen LogP contribution is 2.39. The Morgan fingerprint density at radius 1 is 0.947 bits per heavy atom. The number of ketones is 1. The molecule has 0 amide bonds. The number of benzene rings is 2. The van der Waals surface area contributed by atoms with Gasteiger partial charge in [-0.05, 0) is 29.1 Å². The highest BCUT2D eigenvalue weighted by Gasteiger charge is 2.26. The summed E-state index contributed by atoms with van der Waals surface area (Å²) < 4.78 is 0. The molecule has 1 aliphatic carbocycles. The molecule has 1 aromatic heterocycles. The molecule has 1 aliphatic rings. The van der Waals surface area contributed by atoms with Gasteiger partial charge in [0.2, 0.25) is 5.78 Å². The molecule has 0 spiro atoms. The van der Waals surface area contributed by atoms with Gasteiger partial charge in [0.1, 0.15) is 5.69 Å². The highest BCUT2D eigenvalue weighted by atomic mass is 16.1. The lowest BCUT2D eigenvalue weighted by Gasteiger charge is -2.19. The van der Waals surface area contributed by atoms with Crippen molar-refractivity contribution in [3.05, 3.63) is 59.9 Å². The molecule has 0 bridgehead atoms. The maximum absolute atomic E-state index is 12.5. The van der Waals surface area contributed by atoms with Crippen LogP contribution < -0.4 is 5.73 Å². The van der Waals surface area contributed by atoms with E-state index >= 15 is 0 Å². The molecule has 19 heavy (non-hydrogen) atoms. The predicted octanol–water partition coefficient (Wildman–Crippen LogP) is 3.03. The summed E-state index contributed by atoms with van der Waals surface area (Å²) in [5, 5.41) is 1.97. The Morgan fingerprint density at radius 3 is 2.68 bits per heavy atom. The Hall–Kier alpha value is -2.68. The number of nitrogens with two attached hydrogens (primary N) is 1. The summed E-state index contributed by atoms with van der Waals surface area (Å²) >= 11 is 0. The Bertz CT molecular complexity index is 852. The zero-order valence-electron chi connectivity index (χ0n) is 10.1. The monoisotopic (exact) mass is 246 g/mol. The minimum absolute atomic E-state index is 0.0494. The van der Waals surface area contributed by atoms with Crippen LogP contribution in [0.5, 0.6) is 0 Å². The van der Waals surface area contributed by atoms with Crippen LogP contribution in [0, 0.1) is 0 Å². The van der Waals surface area contributed by atoms with E-state index in [4.69, 9.17) is 5.73 Å². The van der Waals surface area contributed by atoms with Crippen LogP contribution in [-0.2, 0) is 0 Å². The minimum Gasteiger partial charge on any atom is -0.399 e. The van der Waals surface area contributed by atoms with Gasteiger partial charge in [-0.25, -0.2) is 0 Å². The Labute approximate surface area is 109 Å². The third kappa shape index (κ3) is 1.27. The molecular weight excluding hydrogens is 236 g/mol. The number of aromatic nitrogens is 1. The molecule has 3 nitrogen and oxygen atoms in total. The van der Waals surface area contributed by atoms with E-state index in [-0.39, 0.29) is 5.78 Å². The zero-order valence-corrected chi connectivity index (χ0v) is 10.1. The third-order valence-electron chi connectivity index (χ3n) is 3.56. The molecule has 0 aliphatic heterocycles. The average Bonchev–Trinajstić information content (AvgIpc) is 2.44. The van der Waals surface area contributed by atoms with Crippen molar-refractivity contribution in [1.29, 1.82) is 0 Å². The number of pyridine rings is 1. The van der Waals surface area contributed by atoms with Crippen LogP contribution >= 0.6 is 0 Å². The minimum atomic E-state index is -0.0494. The van der Waals surface area contributed by atoms with Crippen molar-refractivity contribution in [2.45, 2.75) is 0 Å². The van der Waals surface area contributed by atoms with Gasteiger partial charge >= 0.3 is 0 Å². The lowest BCUT2D eigenvalue weighted by atomic mass is 9.85.